The Labute approximate surface area is 92.5 Å². The quantitative estimate of drug-likeness (QED) is 0.782. The van der Waals surface area contributed by atoms with Crippen LogP contribution in [-0.2, 0) is 10.0 Å². The van der Waals surface area contributed by atoms with Crippen molar-refractivity contribution in [3.63, 3.8) is 0 Å². The van der Waals surface area contributed by atoms with Crippen LogP contribution in [0, 0.1) is 0 Å². The third-order valence-corrected chi connectivity index (χ3v) is 4.44. The first-order chi connectivity index (χ1) is 6.08. The average Bonchev–Trinajstić information content (AvgIpc) is 2.04. The highest BCUT2D eigenvalue weighted by atomic mass is 35.5. The normalized spacial score (nSPS) is 24.3. The largest absolute Gasteiger partial charge is 0.314 e. The first kappa shape index (κ1) is 14.2. The minimum atomic E-state index is -2.99. The second-order valence-electron chi connectivity index (χ2n) is 3.48. The number of sulfonamides is 1. The summed E-state index contributed by atoms with van der Waals surface area (Å²) in [4.78, 5) is 0. The first-order valence-electron chi connectivity index (χ1n) is 4.78. The van der Waals surface area contributed by atoms with Crippen molar-refractivity contribution in [2.24, 2.45) is 0 Å². The summed E-state index contributed by atoms with van der Waals surface area (Å²) >= 11 is 0. The van der Waals surface area contributed by atoms with E-state index < -0.39 is 10.0 Å². The molecule has 1 N–H and O–H groups in total. The van der Waals surface area contributed by atoms with Gasteiger partial charge in [0.05, 0.1) is 5.75 Å². The van der Waals surface area contributed by atoms with Gasteiger partial charge < -0.3 is 5.32 Å². The third kappa shape index (κ3) is 3.38. The van der Waals surface area contributed by atoms with E-state index in [2.05, 4.69) is 5.32 Å². The smallest absolute Gasteiger partial charge is 0.214 e. The molecule has 0 spiro atoms. The van der Waals surface area contributed by atoms with E-state index in [1.807, 2.05) is 13.8 Å². The molecule has 14 heavy (non-hydrogen) atoms. The number of hydrogen-bond donors (Lipinski definition) is 1. The maximum absolute atomic E-state index is 11.7. The zero-order valence-electron chi connectivity index (χ0n) is 8.69. The summed E-state index contributed by atoms with van der Waals surface area (Å²) in [7, 11) is -2.99. The maximum Gasteiger partial charge on any atom is 0.214 e. The van der Waals surface area contributed by atoms with E-state index >= 15 is 0 Å². The van der Waals surface area contributed by atoms with E-state index in [9.17, 15) is 8.42 Å². The molecule has 1 aliphatic heterocycles. The molecule has 0 amide bonds. The van der Waals surface area contributed by atoms with Gasteiger partial charge in [-0.15, -0.1) is 12.4 Å². The average molecular weight is 243 g/mol. The second-order valence-corrected chi connectivity index (χ2v) is 5.52. The maximum atomic E-state index is 11.7. The lowest BCUT2D eigenvalue weighted by atomic mass is 10.3. The molecule has 1 aliphatic rings. The van der Waals surface area contributed by atoms with Crippen LogP contribution in [0.1, 0.15) is 20.3 Å². The number of piperazine rings is 1. The summed E-state index contributed by atoms with van der Waals surface area (Å²) < 4.78 is 25.0. The van der Waals surface area contributed by atoms with Crippen molar-refractivity contribution in [1.29, 1.82) is 0 Å². The van der Waals surface area contributed by atoms with Crippen LogP contribution in [0.5, 0.6) is 0 Å². The molecule has 6 heteroatoms. The lowest BCUT2D eigenvalue weighted by Gasteiger charge is -2.32. The van der Waals surface area contributed by atoms with Gasteiger partial charge in [0.1, 0.15) is 0 Å². The van der Waals surface area contributed by atoms with Crippen molar-refractivity contribution in [2.45, 2.75) is 26.3 Å². The van der Waals surface area contributed by atoms with E-state index in [4.69, 9.17) is 0 Å². The molecule has 1 saturated heterocycles. The molecule has 0 unspecified atom stereocenters. The highest BCUT2D eigenvalue weighted by molar-refractivity contribution is 7.89. The Morgan fingerprint density at radius 3 is 2.64 bits per heavy atom. The molecule has 0 aliphatic carbocycles. The highest BCUT2D eigenvalue weighted by Crippen LogP contribution is 2.10. The van der Waals surface area contributed by atoms with E-state index in [0.29, 0.717) is 13.0 Å². The van der Waals surface area contributed by atoms with Crippen LogP contribution in [0.15, 0.2) is 0 Å². The standard InChI is InChI=1S/C8H18N2O2S.ClH/c1-3-6-13(11,12)10-5-4-9-7-8(10)2;/h8-9H,3-7H2,1-2H3;1H/t8-;/m0./s1. The fourth-order valence-electron chi connectivity index (χ4n) is 1.61. The van der Waals surface area contributed by atoms with Gasteiger partial charge in [0.2, 0.25) is 10.0 Å². The van der Waals surface area contributed by atoms with E-state index in [1.54, 1.807) is 4.31 Å². The molecule has 0 aromatic carbocycles. The lowest BCUT2D eigenvalue weighted by molar-refractivity contribution is 0.284. The number of rotatable bonds is 3. The van der Waals surface area contributed by atoms with Crippen LogP contribution in [0.25, 0.3) is 0 Å². The van der Waals surface area contributed by atoms with Gasteiger partial charge in [-0.25, -0.2) is 8.42 Å². The monoisotopic (exact) mass is 242 g/mol. The lowest BCUT2D eigenvalue weighted by Crippen LogP contribution is -2.52. The molecular weight excluding hydrogens is 224 g/mol. The Bertz CT molecular complexity index is 256. The third-order valence-electron chi connectivity index (χ3n) is 2.26. The van der Waals surface area contributed by atoms with Crippen molar-refractivity contribution >= 4 is 22.4 Å². The van der Waals surface area contributed by atoms with E-state index in [-0.39, 0.29) is 24.2 Å². The van der Waals surface area contributed by atoms with Gasteiger partial charge in [0, 0.05) is 25.7 Å². The minimum absolute atomic E-state index is 0. The van der Waals surface area contributed by atoms with Crippen LogP contribution in [-0.4, -0.2) is 44.2 Å². The van der Waals surface area contributed by atoms with Gasteiger partial charge in [-0.05, 0) is 13.3 Å². The summed E-state index contributed by atoms with van der Waals surface area (Å²) in [6, 6.07) is 0.102. The predicted octanol–water partition coefficient (Wildman–Crippen LogP) is 0.442. The van der Waals surface area contributed by atoms with Gasteiger partial charge in [-0.3, -0.25) is 0 Å². The number of hydrogen-bond acceptors (Lipinski definition) is 3. The van der Waals surface area contributed by atoms with Crippen molar-refractivity contribution in [3.05, 3.63) is 0 Å². The van der Waals surface area contributed by atoms with Crippen LogP contribution < -0.4 is 5.32 Å². The zero-order valence-corrected chi connectivity index (χ0v) is 10.3. The topological polar surface area (TPSA) is 49.4 Å². The highest BCUT2D eigenvalue weighted by Gasteiger charge is 2.28. The molecule has 1 heterocycles. The molecule has 0 aromatic heterocycles. The number of nitrogens with one attached hydrogen (secondary N) is 1. The second kappa shape index (κ2) is 5.90. The van der Waals surface area contributed by atoms with E-state index in [1.165, 1.54) is 0 Å². The van der Waals surface area contributed by atoms with Gasteiger partial charge in [-0.2, -0.15) is 4.31 Å². The summed E-state index contributed by atoms with van der Waals surface area (Å²) in [5.74, 6) is 0.275. The van der Waals surface area contributed by atoms with Crippen molar-refractivity contribution in [3.8, 4) is 0 Å². The zero-order chi connectivity index (χ0) is 9.90. The number of halogens is 1. The Morgan fingerprint density at radius 2 is 2.14 bits per heavy atom. The molecule has 86 valence electrons. The minimum Gasteiger partial charge on any atom is -0.314 e. The molecular formula is C8H19ClN2O2S. The van der Waals surface area contributed by atoms with Crippen molar-refractivity contribution in [1.82, 2.24) is 9.62 Å². The van der Waals surface area contributed by atoms with E-state index in [0.717, 1.165) is 13.1 Å². The first-order valence-corrected chi connectivity index (χ1v) is 6.39. The fraction of sp³-hybridized carbons (Fsp3) is 1.00. The fourth-order valence-corrected chi connectivity index (χ4v) is 3.35. The van der Waals surface area contributed by atoms with Crippen LogP contribution in [0.4, 0.5) is 0 Å². The molecule has 1 fully saturated rings. The number of nitrogens with zero attached hydrogens (tertiary/aromatic N) is 1. The Morgan fingerprint density at radius 1 is 1.50 bits per heavy atom. The van der Waals surface area contributed by atoms with Crippen molar-refractivity contribution in [2.75, 3.05) is 25.4 Å². The molecule has 0 bridgehead atoms. The molecule has 1 rings (SSSR count). The molecule has 0 aromatic rings. The molecule has 1 atom stereocenters. The van der Waals surface area contributed by atoms with Gasteiger partial charge in [-0.1, -0.05) is 6.92 Å². The summed E-state index contributed by atoms with van der Waals surface area (Å²) in [6.07, 6.45) is 0.693. The van der Waals surface area contributed by atoms with Crippen molar-refractivity contribution < 1.29 is 8.42 Å². The molecule has 0 radical (unpaired) electrons. The Balaban J connectivity index is 0.00000169. The predicted molar refractivity (Wildman–Crippen MR) is 60.4 cm³/mol. The van der Waals surface area contributed by atoms with Crippen LogP contribution >= 0.6 is 12.4 Å². The Hall–Kier alpha value is 0.160. The van der Waals surface area contributed by atoms with Crippen LogP contribution in [0.3, 0.4) is 0 Å². The molecule has 0 saturated carbocycles. The SMILES string of the molecule is CCCS(=O)(=O)N1CCNC[C@@H]1C.Cl. The summed E-state index contributed by atoms with van der Waals surface area (Å²) in [5.41, 5.74) is 0. The summed E-state index contributed by atoms with van der Waals surface area (Å²) in [5, 5.41) is 3.17. The van der Waals surface area contributed by atoms with Gasteiger partial charge in [0.15, 0.2) is 0 Å². The van der Waals surface area contributed by atoms with Crippen LogP contribution in [0.2, 0.25) is 0 Å². The Kier molecular flexibility index (Phi) is 5.97. The van der Waals surface area contributed by atoms with Gasteiger partial charge >= 0.3 is 0 Å². The van der Waals surface area contributed by atoms with Gasteiger partial charge in [0.25, 0.3) is 0 Å². The summed E-state index contributed by atoms with van der Waals surface area (Å²) in [6.45, 7) is 5.99. The molecule has 4 nitrogen and oxygen atoms in total.